The Bertz CT molecular complexity index is 426. The van der Waals surface area contributed by atoms with Crippen LogP contribution in [0.3, 0.4) is 0 Å². The highest BCUT2D eigenvalue weighted by Gasteiger charge is 2.08. The Morgan fingerprint density at radius 3 is 2.58 bits per heavy atom. The molecule has 0 heterocycles. The summed E-state index contributed by atoms with van der Waals surface area (Å²) in [6.45, 7) is 5.57. The first kappa shape index (κ1) is 15.2. The summed E-state index contributed by atoms with van der Waals surface area (Å²) < 4.78 is 13.0. The molecule has 0 aliphatic heterocycles. The van der Waals surface area contributed by atoms with Gasteiger partial charge in [0.25, 0.3) is 0 Å². The summed E-state index contributed by atoms with van der Waals surface area (Å²) in [5.74, 6) is -0.285. The maximum absolute atomic E-state index is 13.0. The minimum atomic E-state index is -0.285. The van der Waals surface area contributed by atoms with E-state index in [9.17, 15) is 9.18 Å². The molecule has 0 radical (unpaired) electrons. The molecule has 4 heteroatoms. The number of carbonyl (C=O) groups excluding carboxylic acids is 1. The lowest BCUT2D eigenvalue weighted by Crippen LogP contribution is -2.38. The zero-order valence-electron chi connectivity index (χ0n) is 11.5. The van der Waals surface area contributed by atoms with Crippen LogP contribution >= 0.6 is 0 Å². The first-order valence-electron chi connectivity index (χ1n) is 6.65. The van der Waals surface area contributed by atoms with Crippen molar-refractivity contribution in [1.29, 1.82) is 0 Å². The van der Waals surface area contributed by atoms with Gasteiger partial charge in [0, 0.05) is 19.3 Å². The van der Waals surface area contributed by atoms with Gasteiger partial charge in [-0.2, -0.15) is 0 Å². The molecule has 0 fully saturated rings. The van der Waals surface area contributed by atoms with E-state index in [0.29, 0.717) is 0 Å². The number of nitrogens with zero attached hydrogens (tertiary/aromatic N) is 1. The Morgan fingerprint density at radius 2 is 2.00 bits per heavy atom. The number of amides is 2. The minimum Gasteiger partial charge on any atom is -0.325 e. The van der Waals surface area contributed by atoms with Crippen molar-refractivity contribution in [3.05, 3.63) is 41.8 Å². The predicted octanol–water partition coefficient (Wildman–Crippen LogP) is 3.63. The molecule has 0 saturated heterocycles. The Hall–Kier alpha value is -1.84. The van der Waals surface area contributed by atoms with Gasteiger partial charge in [-0.15, -0.1) is 0 Å². The molecule has 0 aliphatic carbocycles. The second-order valence-electron chi connectivity index (χ2n) is 4.32. The molecule has 0 atom stereocenters. The van der Waals surface area contributed by atoms with Crippen LogP contribution in [0.2, 0.25) is 0 Å². The van der Waals surface area contributed by atoms with E-state index in [1.54, 1.807) is 29.3 Å². The summed E-state index contributed by atoms with van der Waals surface area (Å²) in [5, 5.41) is 2.70. The topological polar surface area (TPSA) is 32.3 Å². The summed E-state index contributed by atoms with van der Waals surface area (Å²) in [6.07, 6.45) is 5.09. The molecule has 2 amide bonds. The molecule has 1 rings (SSSR count). The molecular formula is C15H21FN2O. The number of carbonyl (C=O) groups is 1. The van der Waals surface area contributed by atoms with Crippen LogP contribution in [0.5, 0.6) is 0 Å². The smallest absolute Gasteiger partial charge is 0.321 e. The quantitative estimate of drug-likeness (QED) is 0.836. The second kappa shape index (κ2) is 8.29. The average Bonchev–Trinajstić information content (AvgIpc) is 2.38. The van der Waals surface area contributed by atoms with Crippen LogP contribution in [0, 0.1) is 5.82 Å². The van der Waals surface area contributed by atoms with E-state index < -0.39 is 0 Å². The third kappa shape index (κ3) is 5.55. The highest BCUT2D eigenvalue weighted by Crippen LogP contribution is 2.04. The summed E-state index contributed by atoms with van der Waals surface area (Å²) in [7, 11) is 0. The Balaban J connectivity index is 2.52. The summed E-state index contributed by atoms with van der Waals surface area (Å²) in [5.41, 5.74) is 0.720. The van der Waals surface area contributed by atoms with E-state index >= 15 is 0 Å². The zero-order chi connectivity index (χ0) is 14.1. The van der Waals surface area contributed by atoms with Crippen molar-refractivity contribution in [2.24, 2.45) is 0 Å². The van der Waals surface area contributed by atoms with E-state index in [1.807, 2.05) is 13.8 Å². The molecule has 0 aliphatic rings. The lowest BCUT2D eigenvalue weighted by molar-refractivity contribution is 0.201. The lowest BCUT2D eigenvalue weighted by atomic mass is 10.2. The van der Waals surface area contributed by atoms with Crippen molar-refractivity contribution in [3.8, 4) is 0 Å². The van der Waals surface area contributed by atoms with Crippen LogP contribution in [0.15, 0.2) is 30.5 Å². The van der Waals surface area contributed by atoms with E-state index in [-0.39, 0.29) is 11.8 Å². The molecule has 1 aromatic carbocycles. The summed E-state index contributed by atoms with van der Waals surface area (Å²) in [4.78, 5) is 13.6. The zero-order valence-corrected chi connectivity index (χ0v) is 11.5. The summed E-state index contributed by atoms with van der Waals surface area (Å²) >= 11 is 0. The van der Waals surface area contributed by atoms with Gasteiger partial charge in [0.2, 0.25) is 0 Å². The molecule has 0 aromatic heterocycles. The Morgan fingerprint density at radius 1 is 1.32 bits per heavy atom. The number of benzene rings is 1. The molecule has 0 bridgehead atoms. The number of nitrogens with one attached hydrogen (secondary N) is 1. The van der Waals surface area contributed by atoms with Crippen molar-refractivity contribution in [1.82, 2.24) is 10.2 Å². The van der Waals surface area contributed by atoms with E-state index in [1.165, 1.54) is 12.1 Å². The number of halogens is 1. The van der Waals surface area contributed by atoms with E-state index in [4.69, 9.17) is 0 Å². The first-order chi connectivity index (χ1) is 9.17. The molecular weight excluding hydrogens is 243 g/mol. The fourth-order valence-corrected chi connectivity index (χ4v) is 1.77. The fourth-order valence-electron chi connectivity index (χ4n) is 1.77. The highest BCUT2D eigenvalue weighted by atomic mass is 19.1. The molecule has 0 spiro atoms. The number of urea groups is 1. The third-order valence-electron chi connectivity index (χ3n) is 2.61. The predicted molar refractivity (Wildman–Crippen MR) is 76.1 cm³/mol. The molecule has 1 N–H and O–H groups in total. The van der Waals surface area contributed by atoms with Crippen LogP contribution in [0.1, 0.15) is 32.3 Å². The van der Waals surface area contributed by atoms with Crippen molar-refractivity contribution in [3.63, 3.8) is 0 Å². The Kier molecular flexibility index (Phi) is 6.64. The van der Waals surface area contributed by atoms with Gasteiger partial charge in [0.15, 0.2) is 0 Å². The second-order valence-corrected chi connectivity index (χ2v) is 4.32. The molecule has 0 saturated carbocycles. The number of hydrogen-bond donors (Lipinski definition) is 1. The number of rotatable bonds is 6. The van der Waals surface area contributed by atoms with Crippen molar-refractivity contribution >= 4 is 12.1 Å². The van der Waals surface area contributed by atoms with Crippen LogP contribution < -0.4 is 5.32 Å². The minimum absolute atomic E-state index is 0.114. The third-order valence-corrected chi connectivity index (χ3v) is 2.61. The van der Waals surface area contributed by atoms with Crippen LogP contribution in [0.4, 0.5) is 9.18 Å². The average molecular weight is 264 g/mol. The van der Waals surface area contributed by atoms with Gasteiger partial charge >= 0.3 is 6.03 Å². The van der Waals surface area contributed by atoms with E-state index in [0.717, 1.165) is 31.5 Å². The van der Waals surface area contributed by atoms with Crippen molar-refractivity contribution in [2.45, 2.75) is 26.7 Å². The van der Waals surface area contributed by atoms with E-state index in [2.05, 4.69) is 5.32 Å². The normalized spacial score (nSPS) is 10.7. The van der Waals surface area contributed by atoms with Crippen LogP contribution in [0.25, 0.3) is 6.08 Å². The van der Waals surface area contributed by atoms with Gasteiger partial charge in [-0.25, -0.2) is 9.18 Å². The molecule has 3 nitrogen and oxygen atoms in total. The highest BCUT2D eigenvalue weighted by molar-refractivity contribution is 5.76. The van der Waals surface area contributed by atoms with Crippen molar-refractivity contribution in [2.75, 3.05) is 13.1 Å². The molecule has 1 aromatic rings. The van der Waals surface area contributed by atoms with Gasteiger partial charge in [-0.3, -0.25) is 0 Å². The number of hydrogen-bond acceptors (Lipinski definition) is 1. The standard InChI is InChI=1S/C15H21FN2O/c1-3-10-18(11-4-2)15(19)17-9-8-13-6-5-7-14(16)12-13/h5-9,12H,3-4,10-11H2,1-2H3,(H,17,19)/b9-8+. The molecule has 0 unspecified atom stereocenters. The van der Waals surface area contributed by atoms with Crippen LogP contribution in [-0.2, 0) is 0 Å². The molecule has 19 heavy (non-hydrogen) atoms. The molecule has 104 valence electrons. The summed E-state index contributed by atoms with van der Waals surface area (Å²) in [6, 6.07) is 6.11. The fraction of sp³-hybridized carbons (Fsp3) is 0.400. The van der Waals surface area contributed by atoms with Crippen molar-refractivity contribution < 1.29 is 9.18 Å². The first-order valence-corrected chi connectivity index (χ1v) is 6.65. The van der Waals surface area contributed by atoms with Gasteiger partial charge in [-0.05, 0) is 36.6 Å². The van der Waals surface area contributed by atoms with Gasteiger partial charge < -0.3 is 10.2 Å². The maximum Gasteiger partial charge on any atom is 0.321 e. The van der Waals surface area contributed by atoms with Crippen LogP contribution in [-0.4, -0.2) is 24.0 Å². The largest absolute Gasteiger partial charge is 0.325 e. The SMILES string of the molecule is CCCN(CCC)C(=O)N/C=C/c1cccc(F)c1. The maximum atomic E-state index is 13.0. The lowest BCUT2D eigenvalue weighted by Gasteiger charge is -2.20. The van der Waals surface area contributed by atoms with Gasteiger partial charge in [-0.1, -0.05) is 26.0 Å². The Labute approximate surface area is 114 Å². The monoisotopic (exact) mass is 264 g/mol. The van der Waals surface area contributed by atoms with Gasteiger partial charge in [0.05, 0.1) is 0 Å². The van der Waals surface area contributed by atoms with Gasteiger partial charge in [0.1, 0.15) is 5.82 Å².